The zero-order valence-electron chi connectivity index (χ0n) is 17.0. The number of nitrogens with one attached hydrogen (secondary N) is 1. The second kappa shape index (κ2) is 8.27. The Bertz CT molecular complexity index is 1000. The quantitative estimate of drug-likeness (QED) is 0.685. The van der Waals surface area contributed by atoms with Crippen LogP contribution in [-0.2, 0) is 17.6 Å². The number of likely N-dealkylation sites (tertiary alicyclic amines) is 1. The lowest BCUT2D eigenvalue weighted by molar-refractivity contribution is -0.131. The van der Waals surface area contributed by atoms with E-state index in [9.17, 15) is 9.18 Å². The van der Waals surface area contributed by atoms with Gasteiger partial charge in [-0.15, -0.1) is 0 Å². The number of H-pyrrole nitrogens is 1. The number of fused-ring (bicyclic) bond motifs is 1. The maximum Gasteiger partial charge on any atom is 0.227 e. The van der Waals surface area contributed by atoms with Crippen molar-refractivity contribution in [3.05, 3.63) is 65.1 Å². The van der Waals surface area contributed by atoms with Gasteiger partial charge in [0.25, 0.3) is 0 Å². The van der Waals surface area contributed by atoms with Crippen molar-refractivity contribution in [3.63, 3.8) is 0 Å². The van der Waals surface area contributed by atoms with Crippen LogP contribution >= 0.6 is 0 Å². The fourth-order valence-corrected chi connectivity index (χ4v) is 4.33. The lowest BCUT2D eigenvalue weighted by atomic mass is 9.90. The Hall–Kier alpha value is -2.82. The van der Waals surface area contributed by atoms with E-state index in [0.29, 0.717) is 12.3 Å². The van der Waals surface area contributed by atoms with Gasteiger partial charge in [-0.05, 0) is 73.6 Å². The zero-order valence-corrected chi connectivity index (χ0v) is 17.0. The predicted octanol–water partition coefficient (Wildman–Crippen LogP) is 4.65. The molecule has 1 aliphatic heterocycles. The molecule has 1 N–H and O–H groups in total. The fraction of sp³-hybridized carbons (Fsp3) is 0.375. The van der Waals surface area contributed by atoms with Gasteiger partial charge in [0.1, 0.15) is 11.6 Å². The second-order valence-electron chi connectivity index (χ2n) is 7.97. The molecule has 0 atom stereocenters. The van der Waals surface area contributed by atoms with Gasteiger partial charge in [-0.3, -0.25) is 4.79 Å². The Morgan fingerprint density at radius 1 is 1.17 bits per heavy atom. The number of piperidine rings is 1. The summed E-state index contributed by atoms with van der Waals surface area (Å²) in [6.07, 6.45) is 3.38. The monoisotopic (exact) mass is 394 g/mol. The lowest BCUT2D eigenvalue weighted by Gasteiger charge is -2.32. The number of hydrogen-bond donors (Lipinski definition) is 1. The molecule has 1 aromatic heterocycles. The van der Waals surface area contributed by atoms with Gasteiger partial charge in [-0.1, -0.05) is 12.1 Å². The van der Waals surface area contributed by atoms with Crippen molar-refractivity contribution in [2.75, 3.05) is 20.2 Å². The van der Waals surface area contributed by atoms with Crippen molar-refractivity contribution < 1.29 is 13.9 Å². The predicted molar refractivity (Wildman–Crippen MR) is 113 cm³/mol. The summed E-state index contributed by atoms with van der Waals surface area (Å²) in [6, 6.07) is 12.9. The van der Waals surface area contributed by atoms with Crippen LogP contribution < -0.4 is 4.74 Å². The molecule has 29 heavy (non-hydrogen) atoms. The first kappa shape index (κ1) is 19.5. The number of rotatable bonds is 5. The molecule has 4 nitrogen and oxygen atoms in total. The molecule has 5 heteroatoms. The van der Waals surface area contributed by atoms with Crippen molar-refractivity contribution in [1.29, 1.82) is 0 Å². The SMILES string of the molecule is COc1ccc(CC2CCN(C(=O)Cc3c(C)[nH]c4ccc(F)cc34)CC2)cc1. The van der Waals surface area contributed by atoms with Gasteiger partial charge in [0.05, 0.1) is 13.5 Å². The highest BCUT2D eigenvalue weighted by Gasteiger charge is 2.24. The molecule has 1 amide bonds. The van der Waals surface area contributed by atoms with Crippen LogP contribution in [0.2, 0.25) is 0 Å². The van der Waals surface area contributed by atoms with Crippen LogP contribution in [0, 0.1) is 18.7 Å². The minimum atomic E-state index is -0.274. The minimum absolute atomic E-state index is 0.126. The standard InChI is InChI=1S/C24H27FN2O2/c1-16-21(22-14-19(25)5-8-23(22)26-16)15-24(28)27-11-9-18(10-12-27)13-17-3-6-20(29-2)7-4-17/h3-8,14,18,26H,9-13,15H2,1-2H3. The number of halogens is 1. The average molecular weight is 394 g/mol. The van der Waals surface area contributed by atoms with Gasteiger partial charge < -0.3 is 14.6 Å². The Labute approximate surface area is 170 Å². The van der Waals surface area contributed by atoms with E-state index >= 15 is 0 Å². The Balaban J connectivity index is 1.35. The summed E-state index contributed by atoms with van der Waals surface area (Å²) >= 11 is 0. The highest BCUT2D eigenvalue weighted by Crippen LogP contribution is 2.26. The topological polar surface area (TPSA) is 45.3 Å². The summed E-state index contributed by atoms with van der Waals surface area (Å²) in [4.78, 5) is 18.1. The van der Waals surface area contributed by atoms with Crippen molar-refractivity contribution >= 4 is 16.8 Å². The molecule has 0 radical (unpaired) electrons. The third kappa shape index (κ3) is 4.29. The molecule has 1 fully saturated rings. The normalized spacial score (nSPS) is 15.1. The van der Waals surface area contributed by atoms with Crippen LogP contribution in [0.5, 0.6) is 5.75 Å². The van der Waals surface area contributed by atoms with Gasteiger partial charge in [-0.2, -0.15) is 0 Å². The van der Waals surface area contributed by atoms with Gasteiger partial charge in [0.15, 0.2) is 0 Å². The van der Waals surface area contributed by atoms with E-state index < -0.39 is 0 Å². The molecule has 1 aliphatic rings. The molecule has 1 saturated heterocycles. The number of aryl methyl sites for hydroxylation is 1. The molecule has 2 heterocycles. The first-order chi connectivity index (χ1) is 14.0. The van der Waals surface area contributed by atoms with Crippen LogP contribution in [0.4, 0.5) is 4.39 Å². The molecule has 2 aromatic carbocycles. The first-order valence-electron chi connectivity index (χ1n) is 10.2. The van der Waals surface area contributed by atoms with Crippen LogP contribution in [0.1, 0.15) is 29.7 Å². The molecule has 0 spiro atoms. The Kier molecular flexibility index (Phi) is 5.56. The number of aromatic amines is 1. The summed E-state index contributed by atoms with van der Waals surface area (Å²) in [5.41, 5.74) is 4.04. The van der Waals surface area contributed by atoms with Crippen LogP contribution in [-0.4, -0.2) is 36.0 Å². The molecule has 152 valence electrons. The largest absolute Gasteiger partial charge is 0.497 e. The van der Waals surface area contributed by atoms with E-state index in [2.05, 4.69) is 17.1 Å². The lowest BCUT2D eigenvalue weighted by Crippen LogP contribution is -2.39. The van der Waals surface area contributed by atoms with E-state index in [1.165, 1.54) is 17.7 Å². The van der Waals surface area contributed by atoms with Gasteiger partial charge in [0.2, 0.25) is 5.91 Å². The molecule has 0 aliphatic carbocycles. The summed E-state index contributed by atoms with van der Waals surface area (Å²) in [5.74, 6) is 1.32. The maximum atomic E-state index is 13.7. The average Bonchev–Trinajstić information content (AvgIpc) is 3.03. The Morgan fingerprint density at radius 3 is 2.59 bits per heavy atom. The third-order valence-electron chi connectivity index (χ3n) is 6.06. The maximum absolute atomic E-state index is 13.7. The van der Waals surface area contributed by atoms with E-state index in [4.69, 9.17) is 4.74 Å². The smallest absolute Gasteiger partial charge is 0.227 e. The number of amides is 1. The number of carbonyl (C=O) groups is 1. The molecule has 3 aromatic rings. The van der Waals surface area contributed by atoms with E-state index in [1.807, 2.05) is 24.0 Å². The summed E-state index contributed by atoms with van der Waals surface area (Å²) in [6.45, 7) is 3.52. The summed E-state index contributed by atoms with van der Waals surface area (Å²) in [7, 11) is 1.68. The number of nitrogens with zero attached hydrogens (tertiary/aromatic N) is 1. The van der Waals surface area contributed by atoms with E-state index in [-0.39, 0.29) is 11.7 Å². The van der Waals surface area contributed by atoms with Crippen LogP contribution in [0.15, 0.2) is 42.5 Å². The molecule has 0 saturated carbocycles. The number of hydrogen-bond acceptors (Lipinski definition) is 2. The van der Waals surface area contributed by atoms with Gasteiger partial charge in [0, 0.05) is 29.7 Å². The number of carbonyl (C=O) groups excluding carboxylic acids is 1. The van der Waals surface area contributed by atoms with Crippen molar-refractivity contribution in [2.24, 2.45) is 5.92 Å². The highest BCUT2D eigenvalue weighted by molar-refractivity contribution is 5.90. The number of aromatic nitrogens is 1. The Morgan fingerprint density at radius 2 is 1.90 bits per heavy atom. The molecule has 0 unspecified atom stereocenters. The second-order valence-corrected chi connectivity index (χ2v) is 7.97. The number of methoxy groups -OCH3 is 1. The van der Waals surface area contributed by atoms with Crippen LogP contribution in [0.25, 0.3) is 10.9 Å². The highest BCUT2D eigenvalue weighted by atomic mass is 19.1. The molecular formula is C24H27FN2O2. The zero-order chi connectivity index (χ0) is 20.4. The van der Waals surface area contributed by atoms with Crippen molar-refractivity contribution in [3.8, 4) is 5.75 Å². The fourth-order valence-electron chi connectivity index (χ4n) is 4.33. The number of benzene rings is 2. The first-order valence-corrected chi connectivity index (χ1v) is 10.2. The van der Waals surface area contributed by atoms with Gasteiger partial charge in [-0.25, -0.2) is 4.39 Å². The third-order valence-corrected chi connectivity index (χ3v) is 6.06. The van der Waals surface area contributed by atoms with Gasteiger partial charge >= 0.3 is 0 Å². The summed E-state index contributed by atoms with van der Waals surface area (Å²) in [5, 5.41) is 0.810. The minimum Gasteiger partial charge on any atom is -0.497 e. The van der Waals surface area contributed by atoms with Crippen molar-refractivity contribution in [1.82, 2.24) is 9.88 Å². The van der Waals surface area contributed by atoms with Crippen molar-refractivity contribution in [2.45, 2.75) is 32.6 Å². The molecular weight excluding hydrogens is 367 g/mol. The van der Waals surface area contributed by atoms with E-state index in [0.717, 1.165) is 60.3 Å². The summed E-state index contributed by atoms with van der Waals surface area (Å²) < 4.78 is 18.9. The molecule has 0 bridgehead atoms. The molecule has 4 rings (SSSR count). The van der Waals surface area contributed by atoms with E-state index in [1.54, 1.807) is 13.2 Å². The number of ether oxygens (including phenoxy) is 1. The van der Waals surface area contributed by atoms with Crippen LogP contribution in [0.3, 0.4) is 0 Å².